The highest BCUT2D eigenvalue weighted by atomic mass is 32.2. The van der Waals surface area contributed by atoms with E-state index in [2.05, 4.69) is 21.1 Å². The van der Waals surface area contributed by atoms with E-state index in [9.17, 15) is 18.8 Å². The van der Waals surface area contributed by atoms with Crippen molar-refractivity contribution in [1.82, 2.24) is 10.5 Å². The van der Waals surface area contributed by atoms with Crippen LogP contribution in [0.2, 0.25) is 0 Å². The minimum absolute atomic E-state index is 0.124. The Morgan fingerprint density at radius 2 is 1.64 bits per heavy atom. The third kappa shape index (κ3) is 7.65. The van der Waals surface area contributed by atoms with Gasteiger partial charge in [0.15, 0.2) is 5.82 Å². The molecular weight excluding hydrogens is 519 g/mol. The lowest BCUT2D eigenvalue weighted by molar-refractivity contribution is -0.115. The Kier molecular flexibility index (Phi) is 8.90. The Balaban J connectivity index is 1.44. The van der Waals surface area contributed by atoms with Crippen LogP contribution < -0.4 is 16.0 Å². The molecule has 0 saturated carbocycles. The number of amides is 3. The van der Waals surface area contributed by atoms with Crippen LogP contribution in [0.4, 0.5) is 15.9 Å². The molecular formula is C29H25FN4O4S. The second-order valence-electron chi connectivity index (χ2n) is 8.45. The molecule has 3 N–H and O–H groups in total. The lowest BCUT2D eigenvalue weighted by atomic mass is 10.1. The van der Waals surface area contributed by atoms with E-state index in [4.69, 9.17) is 4.52 Å². The Bertz CT molecular complexity index is 1500. The number of carbonyl (C=O) groups is 3. The quantitative estimate of drug-likeness (QED) is 0.185. The van der Waals surface area contributed by atoms with Gasteiger partial charge in [-0.15, -0.1) is 11.8 Å². The van der Waals surface area contributed by atoms with Gasteiger partial charge in [0.25, 0.3) is 11.8 Å². The Labute approximate surface area is 228 Å². The van der Waals surface area contributed by atoms with Crippen molar-refractivity contribution in [3.63, 3.8) is 0 Å². The molecule has 8 nitrogen and oxygen atoms in total. The molecule has 198 valence electrons. The predicted octanol–water partition coefficient (Wildman–Crippen LogP) is 5.65. The number of hydrogen-bond acceptors (Lipinski definition) is 6. The normalized spacial score (nSPS) is 11.9. The van der Waals surface area contributed by atoms with Crippen LogP contribution in [0.3, 0.4) is 0 Å². The highest BCUT2D eigenvalue weighted by Crippen LogP contribution is 2.26. The molecule has 1 heterocycles. The van der Waals surface area contributed by atoms with Crippen LogP contribution >= 0.6 is 11.8 Å². The zero-order valence-electron chi connectivity index (χ0n) is 21.1. The number of benzene rings is 3. The third-order valence-electron chi connectivity index (χ3n) is 5.41. The zero-order chi connectivity index (χ0) is 27.8. The standard InChI is InChI=1S/C29H25FN4O4S/c1-18-16-26(34-38-18)33-27(35)19(2)39-23-14-12-22(13-15-23)31-29(37)25(17-21-10-6-7-11-24(21)30)32-28(36)20-8-4-3-5-9-20/h3-17,19H,1-2H3,(H,31,37)(H,32,36)(H,33,34,35)/b25-17-. The molecule has 0 aliphatic rings. The molecule has 1 unspecified atom stereocenters. The van der Waals surface area contributed by atoms with Gasteiger partial charge in [0.1, 0.15) is 17.3 Å². The summed E-state index contributed by atoms with van der Waals surface area (Å²) in [6.45, 7) is 3.49. The van der Waals surface area contributed by atoms with Crippen LogP contribution in [0.5, 0.6) is 0 Å². The number of hydrogen-bond donors (Lipinski definition) is 3. The minimum Gasteiger partial charge on any atom is -0.360 e. The van der Waals surface area contributed by atoms with Crippen molar-refractivity contribution in [2.24, 2.45) is 0 Å². The molecule has 0 fully saturated rings. The van der Waals surface area contributed by atoms with E-state index in [-0.39, 0.29) is 17.2 Å². The fourth-order valence-electron chi connectivity index (χ4n) is 3.42. The number of thioether (sulfide) groups is 1. The maximum Gasteiger partial charge on any atom is 0.272 e. The summed E-state index contributed by atoms with van der Waals surface area (Å²) in [6, 6.07) is 22.8. The van der Waals surface area contributed by atoms with Crippen molar-refractivity contribution in [3.05, 3.63) is 113 Å². The first-order valence-corrected chi connectivity index (χ1v) is 12.8. The monoisotopic (exact) mass is 544 g/mol. The molecule has 39 heavy (non-hydrogen) atoms. The van der Waals surface area contributed by atoms with E-state index >= 15 is 0 Å². The van der Waals surface area contributed by atoms with Gasteiger partial charge in [0.2, 0.25) is 5.91 Å². The molecule has 10 heteroatoms. The number of nitrogens with zero attached hydrogens (tertiary/aromatic N) is 1. The van der Waals surface area contributed by atoms with Crippen molar-refractivity contribution >= 4 is 47.1 Å². The number of halogens is 1. The van der Waals surface area contributed by atoms with Crippen LogP contribution in [0.25, 0.3) is 6.08 Å². The number of nitrogens with one attached hydrogen (secondary N) is 3. The summed E-state index contributed by atoms with van der Waals surface area (Å²) in [6.07, 6.45) is 1.28. The molecule has 0 bridgehead atoms. The summed E-state index contributed by atoms with van der Waals surface area (Å²) in [5.41, 5.74) is 0.826. The second-order valence-corrected chi connectivity index (χ2v) is 9.86. The van der Waals surface area contributed by atoms with Crippen molar-refractivity contribution in [2.45, 2.75) is 24.0 Å². The summed E-state index contributed by atoms with van der Waals surface area (Å²) >= 11 is 1.33. The van der Waals surface area contributed by atoms with Gasteiger partial charge in [-0.2, -0.15) is 0 Å². The van der Waals surface area contributed by atoms with Gasteiger partial charge in [-0.1, -0.05) is 41.6 Å². The highest BCUT2D eigenvalue weighted by Gasteiger charge is 2.18. The van der Waals surface area contributed by atoms with Crippen molar-refractivity contribution < 1.29 is 23.3 Å². The Morgan fingerprint density at radius 3 is 2.31 bits per heavy atom. The van der Waals surface area contributed by atoms with Gasteiger partial charge in [-0.25, -0.2) is 4.39 Å². The first-order chi connectivity index (χ1) is 18.8. The number of carbonyl (C=O) groups excluding carboxylic acids is 3. The number of aryl methyl sites for hydroxylation is 1. The van der Waals surface area contributed by atoms with Crippen LogP contribution in [0.15, 0.2) is 100 Å². The van der Waals surface area contributed by atoms with Crippen molar-refractivity contribution in [2.75, 3.05) is 10.6 Å². The number of aromatic nitrogens is 1. The van der Waals surface area contributed by atoms with E-state index in [1.165, 1.54) is 36.0 Å². The summed E-state index contributed by atoms with van der Waals surface area (Å²) in [5.74, 6) is -0.958. The molecule has 1 aromatic heterocycles. The fraction of sp³-hybridized carbons (Fsp3) is 0.103. The van der Waals surface area contributed by atoms with E-state index in [0.717, 1.165) is 4.90 Å². The van der Waals surface area contributed by atoms with Gasteiger partial charge >= 0.3 is 0 Å². The second kappa shape index (κ2) is 12.7. The van der Waals surface area contributed by atoms with Gasteiger partial charge in [-0.3, -0.25) is 14.4 Å². The zero-order valence-corrected chi connectivity index (χ0v) is 21.9. The molecule has 0 spiro atoms. The smallest absolute Gasteiger partial charge is 0.272 e. The lowest BCUT2D eigenvalue weighted by Gasteiger charge is -2.13. The van der Waals surface area contributed by atoms with Crippen LogP contribution in [0, 0.1) is 12.7 Å². The van der Waals surface area contributed by atoms with Crippen LogP contribution in [-0.2, 0) is 9.59 Å². The van der Waals surface area contributed by atoms with Gasteiger partial charge in [0, 0.05) is 27.8 Å². The first kappa shape index (κ1) is 27.3. The molecule has 3 aromatic carbocycles. The Hall–Kier alpha value is -4.70. The molecule has 0 saturated heterocycles. The average molecular weight is 545 g/mol. The maximum absolute atomic E-state index is 14.3. The van der Waals surface area contributed by atoms with Crippen LogP contribution in [-0.4, -0.2) is 28.1 Å². The lowest BCUT2D eigenvalue weighted by Crippen LogP contribution is -2.30. The van der Waals surface area contributed by atoms with E-state index in [1.54, 1.807) is 80.6 Å². The number of rotatable bonds is 9. The van der Waals surface area contributed by atoms with E-state index in [0.29, 0.717) is 22.8 Å². The van der Waals surface area contributed by atoms with E-state index in [1.807, 2.05) is 0 Å². The fourth-order valence-corrected chi connectivity index (χ4v) is 4.28. The molecule has 1 atom stereocenters. The average Bonchev–Trinajstić information content (AvgIpc) is 3.35. The summed E-state index contributed by atoms with van der Waals surface area (Å²) in [5, 5.41) is 11.3. The maximum atomic E-state index is 14.3. The molecule has 3 amide bonds. The van der Waals surface area contributed by atoms with Gasteiger partial charge in [0.05, 0.1) is 5.25 Å². The van der Waals surface area contributed by atoms with Crippen LogP contribution in [0.1, 0.15) is 28.6 Å². The predicted molar refractivity (Wildman–Crippen MR) is 149 cm³/mol. The summed E-state index contributed by atoms with van der Waals surface area (Å²) in [7, 11) is 0. The van der Waals surface area contributed by atoms with Gasteiger partial charge in [-0.05, 0) is 62.4 Å². The van der Waals surface area contributed by atoms with Gasteiger partial charge < -0.3 is 20.5 Å². The molecule has 4 rings (SSSR count). The summed E-state index contributed by atoms with van der Waals surface area (Å²) in [4.78, 5) is 39.1. The SMILES string of the molecule is Cc1cc(NC(=O)C(C)Sc2ccc(NC(=O)/C(=C/c3ccccc3F)NC(=O)c3ccccc3)cc2)no1. The first-order valence-electron chi connectivity index (χ1n) is 11.9. The van der Waals surface area contributed by atoms with Crippen molar-refractivity contribution in [1.29, 1.82) is 0 Å². The molecule has 0 aliphatic carbocycles. The third-order valence-corrected chi connectivity index (χ3v) is 6.52. The number of anilines is 2. The Morgan fingerprint density at radius 1 is 0.949 bits per heavy atom. The molecule has 4 aromatic rings. The minimum atomic E-state index is -0.626. The topological polar surface area (TPSA) is 113 Å². The summed E-state index contributed by atoms with van der Waals surface area (Å²) < 4.78 is 19.3. The van der Waals surface area contributed by atoms with E-state index < -0.39 is 22.9 Å². The molecule has 0 aliphatic heterocycles. The van der Waals surface area contributed by atoms with Crippen molar-refractivity contribution in [3.8, 4) is 0 Å². The largest absolute Gasteiger partial charge is 0.360 e. The molecule has 0 radical (unpaired) electrons. The highest BCUT2D eigenvalue weighted by molar-refractivity contribution is 8.00.